The van der Waals surface area contributed by atoms with Crippen LogP contribution >= 0.6 is 15.9 Å². The first-order valence-corrected chi connectivity index (χ1v) is 6.50. The molecule has 0 heterocycles. The first-order valence-electron chi connectivity index (χ1n) is 5.71. The summed E-state index contributed by atoms with van der Waals surface area (Å²) < 4.78 is 6.24. The lowest BCUT2D eigenvalue weighted by Crippen LogP contribution is -1.97. The van der Waals surface area contributed by atoms with Crippen molar-refractivity contribution in [2.24, 2.45) is 0 Å². The Balaban J connectivity index is 2.05. The van der Waals surface area contributed by atoms with E-state index in [9.17, 15) is 14.9 Å². The molecule has 0 spiro atoms. The van der Waals surface area contributed by atoms with Crippen LogP contribution in [0.15, 0.2) is 46.9 Å². The highest BCUT2D eigenvalue weighted by molar-refractivity contribution is 9.10. The number of non-ortho nitro benzene ring substituents is 1. The maximum absolute atomic E-state index is 10.8. The highest BCUT2D eigenvalue weighted by Gasteiger charge is 2.05. The van der Waals surface area contributed by atoms with E-state index in [1.165, 1.54) is 12.1 Å². The third kappa shape index (κ3) is 3.42. The molecule has 0 bridgehead atoms. The molecule has 0 atom stereocenters. The van der Waals surface area contributed by atoms with Gasteiger partial charge in [0.15, 0.2) is 6.29 Å². The van der Waals surface area contributed by atoms with Gasteiger partial charge in [-0.25, -0.2) is 0 Å². The molecule has 0 fully saturated rings. The molecule has 2 aromatic carbocycles. The summed E-state index contributed by atoms with van der Waals surface area (Å²) >= 11 is 3.26. The Labute approximate surface area is 123 Å². The van der Waals surface area contributed by atoms with Crippen molar-refractivity contribution in [3.8, 4) is 5.75 Å². The molecule has 0 aromatic heterocycles. The summed E-state index contributed by atoms with van der Waals surface area (Å²) in [5.41, 5.74) is 1.36. The minimum absolute atomic E-state index is 0.0423. The van der Waals surface area contributed by atoms with Gasteiger partial charge in [0, 0.05) is 22.2 Å². The van der Waals surface area contributed by atoms with Crippen molar-refractivity contribution in [1.29, 1.82) is 0 Å². The Morgan fingerprint density at radius 1 is 1.20 bits per heavy atom. The van der Waals surface area contributed by atoms with Crippen LogP contribution in [0.4, 0.5) is 5.69 Å². The number of carbonyl (C=O) groups excluding carboxylic acids is 1. The normalized spacial score (nSPS) is 10.1. The van der Waals surface area contributed by atoms with Gasteiger partial charge in [0.05, 0.1) is 4.92 Å². The van der Waals surface area contributed by atoms with Crippen LogP contribution in [0.3, 0.4) is 0 Å². The molecule has 0 aliphatic carbocycles. The molecule has 0 saturated carbocycles. The smallest absolute Gasteiger partial charge is 0.269 e. The minimum atomic E-state index is -0.449. The standard InChI is InChI=1S/C14H10BrNO4/c15-14-6-5-13(7-11(14)8-17)20-9-10-1-3-12(4-2-10)16(18)19/h1-8H,9H2. The highest BCUT2D eigenvalue weighted by Crippen LogP contribution is 2.22. The zero-order valence-corrected chi connectivity index (χ0v) is 11.9. The summed E-state index contributed by atoms with van der Waals surface area (Å²) in [6, 6.07) is 11.2. The van der Waals surface area contributed by atoms with Gasteiger partial charge in [0.2, 0.25) is 0 Å². The second-order valence-electron chi connectivity index (χ2n) is 4.01. The molecular formula is C14H10BrNO4. The minimum Gasteiger partial charge on any atom is -0.489 e. The van der Waals surface area contributed by atoms with E-state index in [1.54, 1.807) is 30.3 Å². The fourth-order valence-corrected chi connectivity index (χ4v) is 1.92. The summed E-state index contributed by atoms with van der Waals surface area (Å²) in [6.07, 6.45) is 0.739. The Bertz CT molecular complexity index is 640. The van der Waals surface area contributed by atoms with Crippen molar-refractivity contribution < 1.29 is 14.5 Å². The number of aldehydes is 1. The van der Waals surface area contributed by atoms with Gasteiger partial charge in [-0.15, -0.1) is 0 Å². The predicted octanol–water partition coefficient (Wildman–Crippen LogP) is 3.75. The summed E-state index contributed by atoms with van der Waals surface area (Å²) in [7, 11) is 0. The number of halogens is 1. The first kappa shape index (κ1) is 14.2. The van der Waals surface area contributed by atoms with Crippen LogP contribution in [0.1, 0.15) is 15.9 Å². The van der Waals surface area contributed by atoms with E-state index in [0.717, 1.165) is 11.8 Å². The zero-order chi connectivity index (χ0) is 14.5. The number of hydrogen-bond donors (Lipinski definition) is 0. The fourth-order valence-electron chi connectivity index (χ4n) is 1.58. The van der Waals surface area contributed by atoms with Crippen LogP contribution < -0.4 is 4.74 Å². The van der Waals surface area contributed by atoms with E-state index in [4.69, 9.17) is 4.74 Å². The number of benzene rings is 2. The molecule has 102 valence electrons. The van der Waals surface area contributed by atoms with Gasteiger partial charge in [-0.1, -0.05) is 15.9 Å². The maximum Gasteiger partial charge on any atom is 0.269 e. The fraction of sp³-hybridized carbons (Fsp3) is 0.0714. The molecule has 5 nitrogen and oxygen atoms in total. The van der Waals surface area contributed by atoms with E-state index < -0.39 is 4.92 Å². The number of nitrogens with zero attached hydrogens (tertiary/aromatic N) is 1. The molecular weight excluding hydrogens is 326 g/mol. The zero-order valence-electron chi connectivity index (χ0n) is 10.3. The molecule has 0 radical (unpaired) electrons. The number of carbonyl (C=O) groups is 1. The monoisotopic (exact) mass is 335 g/mol. The molecule has 2 aromatic rings. The lowest BCUT2D eigenvalue weighted by Gasteiger charge is -2.07. The molecule has 0 aliphatic rings. The number of ether oxygens (including phenoxy) is 1. The van der Waals surface area contributed by atoms with Crippen LogP contribution in [0, 0.1) is 10.1 Å². The van der Waals surface area contributed by atoms with E-state index in [1.807, 2.05) is 0 Å². The van der Waals surface area contributed by atoms with Gasteiger partial charge in [-0.05, 0) is 35.9 Å². The van der Waals surface area contributed by atoms with Crippen LogP contribution in [0.25, 0.3) is 0 Å². The SMILES string of the molecule is O=Cc1cc(OCc2ccc([N+](=O)[O-])cc2)ccc1Br. The maximum atomic E-state index is 10.8. The van der Waals surface area contributed by atoms with E-state index >= 15 is 0 Å². The number of nitro benzene ring substituents is 1. The molecule has 0 aliphatic heterocycles. The second kappa shape index (κ2) is 6.29. The molecule has 0 amide bonds. The predicted molar refractivity (Wildman–Crippen MR) is 77.0 cm³/mol. The van der Waals surface area contributed by atoms with Gasteiger partial charge in [-0.2, -0.15) is 0 Å². The summed E-state index contributed by atoms with van der Waals surface area (Å²) in [5.74, 6) is 0.564. The van der Waals surface area contributed by atoms with Crippen molar-refractivity contribution in [2.45, 2.75) is 6.61 Å². The molecule has 20 heavy (non-hydrogen) atoms. The van der Waals surface area contributed by atoms with E-state index in [2.05, 4.69) is 15.9 Å². The molecule has 2 rings (SSSR count). The van der Waals surface area contributed by atoms with Crippen LogP contribution in [-0.2, 0) is 6.61 Å². The van der Waals surface area contributed by atoms with E-state index in [0.29, 0.717) is 15.8 Å². The first-order chi connectivity index (χ1) is 9.60. The van der Waals surface area contributed by atoms with Crippen LogP contribution in [-0.4, -0.2) is 11.2 Å². The Morgan fingerprint density at radius 2 is 1.90 bits per heavy atom. The van der Waals surface area contributed by atoms with E-state index in [-0.39, 0.29) is 12.3 Å². The van der Waals surface area contributed by atoms with Crippen molar-refractivity contribution in [3.63, 3.8) is 0 Å². The third-order valence-electron chi connectivity index (χ3n) is 2.65. The van der Waals surface area contributed by atoms with Crippen molar-refractivity contribution in [3.05, 3.63) is 68.2 Å². The number of rotatable bonds is 5. The lowest BCUT2D eigenvalue weighted by molar-refractivity contribution is -0.384. The number of hydrogen-bond acceptors (Lipinski definition) is 4. The van der Waals surface area contributed by atoms with Gasteiger partial charge in [0.1, 0.15) is 12.4 Å². The summed E-state index contributed by atoms with van der Waals surface area (Å²) in [4.78, 5) is 20.9. The molecule has 0 saturated heterocycles. The number of nitro groups is 1. The average molecular weight is 336 g/mol. The third-order valence-corrected chi connectivity index (χ3v) is 3.37. The summed E-state index contributed by atoms with van der Waals surface area (Å²) in [6.45, 7) is 0.276. The van der Waals surface area contributed by atoms with Crippen molar-refractivity contribution in [2.75, 3.05) is 0 Å². The second-order valence-corrected chi connectivity index (χ2v) is 4.87. The highest BCUT2D eigenvalue weighted by atomic mass is 79.9. The van der Waals surface area contributed by atoms with Crippen LogP contribution in [0.5, 0.6) is 5.75 Å². The van der Waals surface area contributed by atoms with Gasteiger partial charge in [0.25, 0.3) is 5.69 Å². The van der Waals surface area contributed by atoms with Gasteiger partial charge in [-0.3, -0.25) is 14.9 Å². The average Bonchev–Trinajstić information content (AvgIpc) is 2.46. The van der Waals surface area contributed by atoms with Crippen molar-refractivity contribution in [1.82, 2.24) is 0 Å². The Hall–Kier alpha value is -2.21. The lowest BCUT2D eigenvalue weighted by atomic mass is 10.2. The van der Waals surface area contributed by atoms with Crippen molar-refractivity contribution >= 4 is 27.9 Å². The topological polar surface area (TPSA) is 69.4 Å². The Kier molecular flexibility index (Phi) is 4.47. The Morgan fingerprint density at radius 3 is 2.50 bits per heavy atom. The summed E-state index contributed by atoms with van der Waals surface area (Å²) in [5, 5.41) is 10.5. The quantitative estimate of drug-likeness (QED) is 0.474. The van der Waals surface area contributed by atoms with Gasteiger partial charge < -0.3 is 4.74 Å². The molecule has 6 heteroatoms. The largest absolute Gasteiger partial charge is 0.489 e. The van der Waals surface area contributed by atoms with Gasteiger partial charge >= 0.3 is 0 Å². The molecule has 0 N–H and O–H groups in total. The van der Waals surface area contributed by atoms with Crippen LogP contribution in [0.2, 0.25) is 0 Å². The molecule has 0 unspecified atom stereocenters.